The number of hydrogen-bond donors (Lipinski definition) is 2. The van der Waals surface area contributed by atoms with Crippen LogP contribution < -0.4 is 10.6 Å². The van der Waals surface area contributed by atoms with Gasteiger partial charge in [0, 0.05) is 31.3 Å². The van der Waals surface area contributed by atoms with Gasteiger partial charge in [0.1, 0.15) is 0 Å². The van der Waals surface area contributed by atoms with Crippen LogP contribution in [0.25, 0.3) is 0 Å². The van der Waals surface area contributed by atoms with Gasteiger partial charge in [0.25, 0.3) is 5.69 Å². The first-order valence-corrected chi connectivity index (χ1v) is 7.42. The maximum absolute atomic E-state index is 11.8. The molecule has 0 saturated heterocycles. The van der Waals surface area contributed by atoms with E-state index < -0.39 is 11.0 Å². The fourth-order valence-electron chi connectivity index (χ4n) is 1.77. The molecule has 0 fully saturated rings. The fourth-order valence-corrected chi connectivity index (χ4v) is 1.93. The number of rotatable bonds is 7. The smallest absolute Gasteiger partial charge is 0.319 e. The standard InChI is InChI=1S/C14H21ClN4O3/c1-4-10(2)18(3)8-7-16-14(20)17-13-9-11(19(21)22)5-6-12(13)15/h5-6,9-10H,4,7-8H2,1-3H3,(H2,16,17,20)/t10-/m0/s1. The molecular weight excluding hydrogens is 308 g/mol. The molecule has 0 radical (unpaired) electrons. The normalized spacial score (nSPS) is 12.0. The minimum absolute atomic E-state index is 0.129. The molecule has 1 atom stereocenters. The van der Waals surface area contributed by atoms with Crippen molar-refractivity contribution in [2.24, 2.45) is 0 Å². The minimum Gasteiger partial charge on any atom is -0.337 e. The van der Waals surface area contributed by atoms with Gasteiger partial charge in [0.05, 0.1) is 15.6 Å². The number of likely N-dealkylation sites (N-methyl/N-ethyl adjacent to an activating group) is 1. The average Bonchev–Trinajstić information content (AvgIpc) is 2.48. The summed E-state index contributed by atoms with van der Waals surface area (Å²) >= 11 is 5.92. The second-order valence-corrected chi connectivity index (χ2v) is 5.45. The van der Waals surface area contributed by atoms with Crippen molar-refractivity contribution in [3.63, 3.8) is 0 Å². The Labute approximate surface area is 134 Å². The van der Waals surface area contributed by atoms with Crippen molar-refractivity contribution in [3.8, 4) is 0 Å². The van der Waals surface area contributed by atoms with Gasteiger partial charge in [-0.05, 0) is 26.5 Å². The van der Waals surface area contributed by atoms with Crippen LogP contribution in [-0.2, 0) is 0 Å². The summed E-state index contributed by atoms with van der Waals surface area (Å²) < 4.78 is 0. The lowest BCUT2D eigenvalue weighted by atomic mass is 10.2. The van der Waals surface area contributed by atoms with Crippen molar-refractivity contribution < 1.29 is 9.72 Å². The summed E-state index contributed by atoms with van der Waals surface area (Å²) in [6.07, 6.45) is 1.03. The zero-order valence-electron chi connectivity index (χ0n) is 12.9. The number of carbonyl (C=O) groups is 1. The first kappa shape index (κ1) is 18.2. The van der Waals surface area contributed by atoms with Crippen LogP contribution in [0.15, 0.2) is 18.2 Å². The summed E-state index contributed by atoms with van der Waals surface area (Å²) in [6.45, 7) is 5.40. The third-order valence-electron chi connectivity index (χ3n) is 3.50. The molecule has 7 nitrogen and oxygen atoms in total. The summed E-state index contributed by atoms with van der Waals surface area (Å²) in [5.74, 6) is 0. The van der Waals surface area contributed by atoms with Crippen LogP contribution in [-0.4, -0.2) is 42.0 Å². The van der Waals surface area contributed by atoms with Crippen LogP contribution in [0.2, 0.25) is 5.02 Å². The second-order valence-electron chi connectivity index (χ2n) is 5.04. The molecule has 1 aromatic carbocycles. The third-order valence-corrected chi connectivity index (χ3v) is 3.83. The Kier molecular flexibility index (Phi) is 7.07. The van der Waals surface area contributed by atoms with Gasteiger partial charge in [-0.1, -0.05) is 18.5 Å². The molecule has 0 aromatic heterocycles. The first-order valence-electron chi connectivity index (χ1n) is 7.04. The summed E-state index contributed by atoms with van der Waals surface area (Å²) in [4.78, 5) is 24.1. The highest BCUT2D eigenvalue weighted by atomic mass is 35.5. The maximum Gasteiger partial charge on any atom is 0.319 e. The van der Waals surface area contributed by atoms with E-state index in [4.69, 9.17) is 11.6 Å². The van der Waals surface area contributed by atoms with Gasteiger partial charge in [-0.15, -0.1) is 0 Å². The Bertz CT molecular complexity index is 539. The van der Waals surface area contributed by atoms with E-state index in [0.29, 0.717) is 19.1 Å². The summed E-state index contributed by atoms with van der Waals surface area (Å²) in [6, 6.07) is 3.89. The molecule has 0 aliphatic heterocycles. The van der Waals surface area contributed by atoms with E-state index in [1.807, 2.05) is 7.05 Å². The van der Waals surface area contributed by atoms with E-state index in [-0.39, 0.29) is 16.4 Å². The van der Waals surface area contributed by atoms with Gasteiger partial charge in [-0.2, -0.15) is 0 Å². The zero-order valence-corrected chi connectivity index (χ0v) is 13.7. The first-order chi connectivity index (χ1) is 10.3. The predicted octanol–water partition coefficient (Wildman–Crippen LogP) is 3.10. The van der Waals surface area contributed by atoms with E-state index in [2.05, 4.69) is 29.4 Å². The quantitative estimate of drug-likeness (QED) is 0.594. The monoisotopic (exact) mass is 328 g/mol. The van der Waals surface area contributed by atoms with Gasteiger partial charge in [-0.25, -0.2) is 4.79 Å². The lowest BCUT2D eigenvalue weighted by Gasteiger charge is -2.23. The van der Waals surface area contributed by atoms with Crippen molar-refractivity contribution in [1.29, 1.82) is 0 Å². The largest absolute Gasteiger partial charge is 0.337 e. The number of anilines is 1. The van der Waals surface area contributed by atoms with Crippen LogP contribution in [0, 0.1) is 10.1 Å². The molecule has 0 aliphatic rings. The molecule has 2 amide bonds. The van der Waals surface area contributed by atoms with Crippen molar-refractivity contribution in [3.05, 3.63) is 33.3 Å². The zero-order chi connectivity index (χ0) is 16.7. The molecule has 0 spiro atoms. The van der Waals surface area contributed by atoms with Crippen LogP contribution >= 0.6 is 11.6 Å². The Morgan fingerprint density at radius 3 is 2.77 bits per heavy atom. The van der Waals surface area contributed by atoms with Crippen LogP contribution in [0.4, 0.5) is 16.2 Å². The van der Waals surface area contributed by atoms with Crippen molar-refractivity contribution in [1.82, 2.24) is 10.2 Å². The highest BCUT2D eigenvalue weighted by Gasteiger charge is 2.12. The summed E-state index contributed by atoms with van der Waals surface area (Å²) in [7, 11) is 1.99. The number of nitro benzene ring substituents is 1. The Balaban J connectivity index is 2.52. The van der Waals surface area contributed by atoms with Crippen LogP contribution in [0.1, 0.15) is 20.3 Å². The molecule has 2 N–H and O–H groups in total. The Hall–Kier alpha value is -1.86. The van der Waals surface area contributed by atoms with E-state index in [9.17, 15) is 14.9 Å². The average molecular weight is 329 g/mol. The number of carbonyl (C=O) groups excluding carboxylic acids is 1. The van der Waals surface area contributed by atoms with E-state index >= 15 is 0 Å². The van der Waals surface area contributed by atoms with Crippen LogP contribution in [0.5, 0.6) is 0 Å². The molecule has 0 heterocycles. The van der Waals surface area contributed by atoms with Crippen LogP contribution in [0.3, 0.4) is 0 Å². The lowest BCUT2D eigenvalue weighted by molar-refractivity contribution is -0.384. The highest BCUT2D eigenvalue weighted by Crippen LogP contribution is 2.26. The highest BCUT2D eigenvalue weighted by molar-refractivity contribution is 6.33. The van der Waals surface area contributed by atoms with Gasteiger partial charge in [0.15, 0.2) is 0 Å². The molecular formula is C14H21ClN4O3. The van der Waals surface area contributed by atoms with E-state index in [1.165, 1.54) is 18.2 Å². The number of hydrogen-bond acceptors (Lipinski definition) is 4. The molecule has 1 aromatic rings. The minimum atomic E-state index is -0.541. The molecule has 0 saturated carbocycles. The number of urea groups is 1. The topological polar surface area (TPSA) is 87.5 Å². The van der Waals surface area contributed by atoms with Gasteiger partial charge in [0.2, 0.25) is 0 Å². The maximum atomic E-state index is 11.8. The second kappa shape index (κ2) is 8.55. The summed E-state index contributed by atoms with van der Waals surface area (Å²) in [5, 5.41) is 16.2. The molecule has 22 heavy (non-hydrogen) atoms. The number of halogens is 1. The number of non-ortho nitro benzene ring substituents is 1. The van der Waals surface area contributed by atoms with E-state index in [0.717, 1.165) is 6.42 Å². The van der Waals surface area contributed by atoms with E-state index in [1.54, 1.807) is 0 Å². The Morgan fingerprint density at radius 2 is 2.18 bits per heavy atom. The molecule has 122 valence electrons. The number of nitrogens with zero attached hydrogens (tertiary/aromatic N) is 2. The van der Waals surface area contributed by atoms with Gasteiger partial charge in [-0.3, -0.25) is 10.1 Å². The molecule has 8 heteroatoms. The third kappa shape index (κ3) is 5.50. The SMILES string of the molecule is CC[C@H](C)N(C)CCNC(=O)Nc1cc([N+](=O)[O-])ccc1Cl. The molecule has 1 rings (SSSR count). The number of amides is 2. The Morgan fingerprint density at radius 1 is 1.50 bits per heavy atom. The number of nitro groups is 1. The van der Waals surface area contributed by atoms with Gasteiger partial charge < -0.3 is 15.5 Å². The van der Waals surface area contributed by atoms with Gasteiger partial charge >= 0.3 is 6.03 Å². The fraction of sp³-hybridized carbons (Fsp3) is 0.500. The molecule has 0 bridgehead atoms. The van der Waals surface area contributed by atoms with Crippen molar-refractivity contribution >= 4 is 29.0 Å². The number of benzene rings is 1. The van der Waals surface area contributed by atoms with Crippen molar-refractivity contribution in [2.45, 2.75) is 26.3 Å². The number of nitrogens with one attached hydrogen (secondary N) is 2. The molecule has 0 unspecified atom stereocenters. The molecule has 0 aliphatic carbocycles. The lowest BCUT2D eigenvalue weighted by Crippen LogP contribution is -2.38. The summed E-state index contributed by atoms with van der Waals surface area (Å²) in [5.41, 5.74) is 0.0832. The predicted molar refractivity (Wildman–Crippen MR) is 87.5 cm³/mol. The van der Waals surface area contributed by atoms with Crippen molar-refractivity contribution in [2.75, 3.05) is 25.5 Å².